The number of halogens is 1. The van der Waals surface area contributed by atoms with Crippen molar-refractivity contribution in [2.45, 2.75) is 12.8 Å². The first-order valence-corrected chi connectivity index (χ1v) is 8.18. The number of carbonyl (C=O) groups is 2. The molecule has 1 aliphatic rings. The summed E-state index contributed by atoms with van der Waals surface area (Å²) >= 11 is 6.01. The summed E-state index contributed by atoms with van der Waals surface area (Å²) in [4.78, 5) is 26.0. The van der Waals surface area contributed by atoms with Crippen LogP contribution in [0.15, 0.2) is 48.5 Å². The van der Waals surface area contributed by atoms with E-state index in [1.54, 1.807) is 23.1 Å². The van der Waals surface area contributed by atoms with E-state index in [2.05, 4.69) is 0 Å². The second-order valence-corrected chi connectivity index (χ2v) is 6.54. The topological polar surface area (TPSA) is 57.6 Å². The number of aliphatic carboxylic acids is 1. The predicted octanol–water partition coefficient (Wildman–Crippen LogP) is 3.59. The molecule has 3 rings (SSSR count). The molecule has 1 amide bonds. The minimum absolute atomic E-state index is 0.153. The van der Waals surface area contributed by atoms with Crippen LogP contribution in [0.5, 0.6) is 0 Å². The van der Waals surface area contributed by atoms with Crippen molar-refractivity contribution < 1.29 is 14.7 Å². The van der Waals surface area contributed by atoms with Gasteiger partial charge in [-0.1, -0.05) is 41.9 Å². The monoisotopic (exact) mass is 343 g/mol. The molecule has 1 fully saturated rings. The molecule has 0 unspecified atom stereocenters. The van der Waals surface area contributed by atoms with E-state index in [1.165, 1.54) is 0 Å². The van der Waals surface area contributed by atoms with E-state index in [-0.39, 0.29) is 18.4 Å². The first kappa shape index (κ1) is 16.5. The summed E-state index contributed by atoms with van der Waals surface area (Å²) < 4.78 is 0. The maximum absolute atomic E-state index is 12.7. The highest BCUT2D eigenvalue weighted by Crippen LogP contribution is 2.33. The van der Waals surface area contributed by atoms with Gasteiger partial charge in [0.1, 0.15) is 0 Å². The van der Waals surface area contributed by atoms with Gasteiger partial charge in [-0.15, -0.1) is 0 Å². The Labute approximate surface area is 145 Å². The molecule has 2 atom stereocenters. The number of amides is 1. The summed E-state index contributed by atoms with van der Waals surface area (Å²) in [5, 5.41) is 10.1. The quantitative estimate of drug-likeness (QED) is 0.926. The van der Waals surface area contributed by atoms with Crippen LogP contribution < -0.4 is 0 Å². The average Bonchev–Trinajstić information content (AvgIpc) is 3.03. The Kier molecular flexibility index (Phi) is 4.58. The summed E-state index contributed by atoms with van der Waals surface area (Å²) in [6.45, 7) is 2.47. The van der Waals surface area contributed by atoms with Gasteiger partial charge in [-0.2, -0.15) is 0 Å². The highest BCUT2D eigenvalue weighted by Gasteiger charge is 2.40. The molecule has 0 spiro atoms. The Hall–Kier alpha value is -2.33. The molecule has 5 heteroatoms. The van der Waals surface area contributed by atoms with Crippen molar-refractivity contribution in [1.29, 1.82) is 0 Å². The third-order valence-electron chi connectivity index (χ3n) is 4.56. The van der Waals surface area contributed by atoms with Gasteiger partial charge in [0.25, 0.3) is 5.91 Å². The fourth-order valence-corrected chi connectivity index (χ4v) is 3.34. The Balaban J connectivity index is 1.86. The van der Waals surface area contributed by atoms with Crippen molar-refractivity contribution in [1.82, 2.24) is 4.90 Å². The predicted molar refractivity (Wildman–Crippen MR) is 92.4 cm³/mol. The van der Waals surface area contributed by atoms with Gasteiger partial charge < -0.3 is 10.0 Å². The molecule has 1 N–H and O–H groups in total. The molecule has 0 aliphatic carbocycles. The molecule has 2 aromatic carbocycles. The van der Waals surface area contributed by atoms with Crippen LogP contribution in [-0.4, -0.2) is 35.0 Å². The number of carboxylic acids is 1. The Morgan fingerprint density at radius 1 is 1.12 bits per heavy atom. The van der Waals surface area contributed by atoms with Gasteiger partial charge in [0.2, 0.25) is 0 Å². The number of nitrogens with zero attached hydrogens (tertiary/aromatic N) is 1. The summed E-state index contributed by atoms with van der Waals surface area (Å²) in [5.41, 5.74) is 2.32. The van der Waals surface area contributed by atoms with Crippen LogP contribution in [0.3, 0.4) is 0 Å². The fraction of sp³-hybridized carbons (Fsp3) is 0.263. The Morgan fingerprint density at radius 2 is 1.83 bits per heavy atom. The smallest absolute Gasteiger partial charge is 0.308 e. The highest BCUT2D eigenvalue weighted by molar-refractivity contribution is 6.31. The number of hydrogen-bond acceptors (Lipinski definition) is 2. The Morgan fingerprint density at radius 3 is 2.46 bits per heavy atom. The van der Waals surface area contributed by atoms with Crippen LogP contribution in [0.1, 0.15) is 27.4 Å². The molecule has 1 saturated heterocycles. The molecule has 0 radical (unpaired) electrons. The standard InChI is InChI=1S/C19H18ClNO3/c1-12-9-14(7-8-17(12)20)18(22)21-10-15(16(11-21)19(23)24)13-5-3-2-4-6-13/h2-9,15-16H,10-11H2,1H3,(H,23,24)/t15-,16+/m1/s1. The average molecular weight is 344 g/mol. The fourth-order valence-electron chi connectivity index (χ4n) is 3.22. The van der Waals surface area contributed by atoms with Gasteiger partial charge in [0.05, 0.1) is 5.92 Å². The highest BCUT2D eigenvalue weighted by atomic mass is 35.5. The van der Waals surface area contributed by atoms with Crippen molar-refractivity contribution >= 4 is 23.5 Å². The Bertz CT molecular complexity index is 775. The molecule has 0 aromatic heterocycles. The molecular weight excluding hydrogens is 326 g/mol. The molecule has 1 aliphatic heterocycles. The number of benzene rings is 2. The maximum Gasteiger partial charge on any atom is 0.308 e. The summed E-state index contributed by atoms with van der Waals surface area (Å²) in [6.07, 6.45) is 0. The zero-order valence-electron chi connectivity index (χ0n) is 13.3. The number of hydrogen-bond donors (Lipinski definition) is 1. The van der Waals surface area contributed by atoms with Crippen molar-refractivity contribution in [3.8, 4) is 0 Å². The molecular formula is C19H18ClNO3. The van der Waals surface area contributed by atoms with Crippen LogP contribution in [0.2, 0.25) is 5.02 Å². The SMILES string of the molecule is Cc1cc(C(=O)N2C[C@H](C(=O)O)[C@@H](c3ccccc3)C2)ccc1Cl. The van der Waals surface area contributed by atoms with Crippen molar-refractivity contribution in [2.75, 3.05) is 13.1 Å². The van der Waals surface area contributed by atoms with Crippen LogP contribution in [-0.2, 0) is 4.79 Å². The molecule has 124 valence electrons. The second-order valence-electron chi connectivity index (χ2n) is 6.14. The maximum atomic E-state index is 12.7. The minimum Gasteiger partial charge on any atom is -0.481 e. The molecule has 4 nitrogen and oxygen atoms in total. The number of carboxylic acid groups (broad SMARTS) is 1. The normalized spacial score (nSPS) is 20.2. The van der Waals surface area contributed by atoms with Gasteiger partial charge >= 0.3 is 5.97 Å². The van der Waals surface area contributed by atoms with E-state index in [0.717, 1.165) is 11.1 Å². The zero-order valence-corrected chi connectivity index (χ0v) is 14.0. The summed E-state index contributed by atoms with van der Waals surface area (Å²) in [6, 6.07) is 14.6. The van der Waals surface area contributed by atoms with E-state index < -0.39 is 11.9 Å². The number of carbonyl (C=O) groups excluding carboxylic acids is 1. The lowest BCUT2D eigenvalue weighted by molar-refractivity contribution is -0.141. The van der Waals surface area contributed by atoms with Crippen LogP contribution in [0.4, 0.5) is 0 Å². The first-order valence-electron chi connectivity index (χ1n) is 7.80. The minimum atomic E-state index is -0.869. The van der Waals surface area contributed by atoms with Crippen molar-refractivity contribution in [3.63, 3.8) is 0 Å². The molecule has 1 heterocycles. The van der Waals surface area contributed by atoms with E-state index in [1.807, 2.05) is 37.3 Å². The lowest BCUT2D eigenvalue weighted by Gasteiger charge is -2.17. The van der Waals surface area contributed by atoms with Gasteiger partial charge in [-0.05, 0) is 36.2 Å². The van der Waals surface area contributed by atoms with E-state index in [9.17, 15) is 14.7 Å². The van der Waals surface area contributed by atoms with Crippen LogP contribution in [0.25, 0.3) is 0 Å². The van der Waals surface area contributed by atoms with Gasteiger partial charge in [0, 0.05) is 29.6 Å². The summed E-state index contributed by atoms with van der Waals surface area (Å²) in [5.74, 6) is -1.81. The van der Waals surface area contributed by atoms with Gasteiger partial charge in [0.15, 0.2) is 0 Å². The van der Waals surface area contributed by atoms with E-state index in [4.69, 9.17) is 11.6 Å². The van der Waals surface area contributed by atoms with Crippen molar-refractivity contribution in [3.05, 3.63) is 70.2 Å². The number of aryl methyl sites for hydroxylation is 1. The zero-order chi connectivity index (χ0) is 17.3. The number of rotatable bonds is 3. The van der Waals surface area contributed by atoms with E-state index in [0.29, 0.717) is 17.1 Å². The number of likely N-dealkylation sites (tertiary alicyclic amines) is 1. The largest absolute Gasteiger partial charge is 0.481 e. The van der Waals surface area contributed by atoms with Gasteiger partial charge in [-0.3, -0.25) is 9.59 Å². The molecule has 0 saturated carbocycles. The van der Waals surface area contributed by atoms with Crippen molar-refractivity contribution in [2.24, 2.45) is 5.92 Å². The van der Waals surface area contributed by atoms with Crippen LogP contribution >= 0.6 is 11.6 Å². The molecule has 24 heavy (non-hydrogen) atoms. The molecule has 2 aromatic rings. The lowest BCUT2D eigenvalue weighted by Crippen LogP contribution is -2.29. The van der Waals surface area contributed by atoms with E-state index >= 15 is 0 Å². The molecule has 0 bridgehead atoms. The van der Waals surface area contributed by atoms with Crippen LogP contribution in [0, 0.1) is 12.8 Å². The second kappa shape index (κ2) is 6.65. The lowest BCUT2D eigenvalue weighted by atomic mass is 9.89. The third-order valence-corrected chi connectivity index (χ3v) is 4.98. The summed E-state index contributed by atoms with van der Waals surface area (Å²) in [7, 11) is 0. The van der Waals surface area contributed by atoms with Gasteiger partial charge in [-0.25, -0.2) is 0 Å². The third kappa shape index (κ3) is 3.15. The first-order chi connectivity index (χ1) is 11.5.